The van der Waals surface area contributed by atoms with Crippen LogP contribution >= 0.6 is 0 Å². The summed E-state index contributed by atoms with van der Waals surface area (Å²) in [5, 5.41) is 30.5. The highest BCUT2D eigenvalue weighted by Crippen LogP contribution is 2.31. The second-order valence-corrected chi connectivity index (χ2v) is 11.5. The molecule has 3 atom stereocenters. The van der Waals surface area contributed by atoms with E-state index in [0.29, 0.717) is 23.4 Å². The molecule has 5 aromatic rings. The van der Waals surface area contributed by atoms with Crippen LogP contribution in [0.4, 0.5) is 0 Å². The summed E-state index contributed by atoms with van der Waals surface area (Å²) < 4.78 is 5.82. The van der Waals surface area contributed by atoms with Gasteiger partial charge in [-0.2, -0.15) is 0 Å². The third kappa shape index (κ3) is 8.09. The number of carbonyl (C=O) groups excluding carboxylic acids is 1. The fourth-order valence-electron chi connectivity index (χ4n) is 5.76. The van der Waals surface area contributed by atoms with Crippen LogP contribution in [0, 0.1) is 5.92 Å². The maximum absolute atomic E-state index is 14.0. The first-order valence-corrected chi connectivity index (χ1v) is 15.2. The molecule has 0 radical (unpaired) electrons. The van der Waals surface area contributed by atoms with Crippen LogP contribution in [0.25, 0.3) is 27.9 Å². The van der Waals surface area contributed by atoms with E-state index in [4.69, 9.17) is 4.42 Å². The van der Waals surface area contributed by atoms with Gasteiger partial charge < -0.3 is 24.6 Å². The molecule has 47 heavy (non-hydrogen) atoms. The fraction of sp³-hybridized carbons (Fsp3) is 0.216. The molecule has 0 bridgehead atoms. The molecule has 3 N–H and O–H groups in total. The van der Waals surface area contributed by atoms with Crippen LogP contribution in [-0.4, -0.2) is 55.1 Å². The van der Waals surface area contributed by atoms with Crippen LogP contribution in [0.2, 0.25) is 0 Å². The highest BCUT2D eigenvalue weighted by Gasteiger charge is 2.32. The van der Waals surface area contributed by atoms with Gasteiger partial charge in [-0.3, -0.25) is 14.4 Å². The number of hydrogen-bond donors (Lipinski definition) is 3. The summed E-state index contributed by atoms with van der Waals surface area (Å²) in [5.41, 5.74) is 3.05. The topological polar surface area (TPSA) is 158 Å². The molecule has 0 aliphatic carbocycles. The second-order valence-electron chi connectivity index (χ2n) is 11.5. The van der Waals surface area contributed by atoms with Crippen molar-refractivity contribution in [3.63, 3.8) is 0 Å². The Balaban J connectivity index is 1.50. The van der Waals surface area contributed by atoms with Crippen molar-refractivity contribution in [1.29, 1.82) is 0 Å². The molecule has 4 aromatic carbocycles. The molecule has 5 rings (SSSR count). The Hall–Kier alpha value is -5.77. The lowest BCUT2D eigenvalue weighted by Gasteiger charge is -2.36. The van der Waals surface area contributed by atoms with Gasteiger partial charge in [-0.25, -0.2) is 9.78 Å². The molecule has 1 heterocycles. The maximum Gasteiger partial charge on any atom is 0.335 e. The number of aromatic carboxylic acids is 1. The van der Waals surface area contributed by atoms with Crippen LogP contribution in [-0.2, 0) is 20.9 Å². The van der Waals surface area contributed by atoms with Crippen molar-refractivity contribution in [3.8, 4) is 0 Å². The summed E-state index contributed by atoms with van der Waals surface area (Å²) in [4.78, 5) is 55.0. The third-order valence-electron chi connectivity index (χ3n) is 8.30. The Morgan fingerprint density at radius 1 is 0.851 bits per heavy atom. The summed E-state index contributed by atoms with van der Waals surface area (Å²) in [7, 11) is 0. The molecule has 3 unspecified atom stereocenters. The quantitative estimate of drug-likeness (QED) is 0.119. The molecule has 10 nitrogen and oxygen atoms in total. The normalized spacial score (nSPS) is 13.4. The van der Waals surface area contributed by atoms with Crippen molar-refractivity contribution in [1.82, 2.24) is 9.88 Å². The highest BCUT2D eigenvalue weighted by molar-refractivity contribution is 5.88. The standard InChI is InChI=1S/C37H34N2O8/c1-23(30(26-15-17-27(18-16-26)36(43)44)9-6-12-33-38-31-10-4-5-11-32(31)47-33)39(34(40)20-29(37(45)46)21-35(41)42)22-24-13-14-25-7-2-3-8-28(25)19-24/h2-8,10-19,23,29-30H,9,20-22H2,1H3,(H,41,42)(H,43,44)(H,45,46)/b12-6+. The van der Waals surface area contributed by atoms with Crippen LogP contribution < -0.4 is 0 Å². The Morgan fingerprint density at radius 2 is 1.55 bits per heavy atom. The van der Waals surface area contributed by atoms with Gasteiger partial charge in [-0.05, 0) is 71.7 Å². The van der Waals surface area contributed by atoms with Gasteiger partial charge in [0.1, 0.15) is 5.52 Å². The Labute approximate surface area is 270 Å². The number of hydrogen-bond acceptors (Lipinski definition) is 6. The molecule has 1 aromatic heterocycles. The first kappa shape index (κ1) is 32.6. The van der Waals surface area contributed by atoms with E-state index in [1.165, 1.54) is 12.1 Å². The molecular formula is C37H34N2O8. The summed E-state index contributed by atoms with van der Waals surface area (Å²) in [6.07, 6.45) is 2.83. The van der Waals surface area contributed by atoms with Gasteiger partial charge in [-0.1, -0.05) is 66.7 Å². The van der Waals surface area contributed by atoms with Crippen LogP contribution in [0.1, 0.15) is 59.5 Å². The first-order valence-electron chi connectivity index (χ1n) is 15.2. The molecule has 0 saturated carbocycles. The molecule has 0 aliphatic rings. The number of fused-ring (bicyclic) bond motifs is 2. The van der Waals surface area contributed by atoms with Gasteiger partial charge >= 0.3 is 17.9 Å². The Morgan fingerprint density at radius 3 is 2.23 bits per heavy atom. The largest absolute Gasteiger partial charge is 0.481 e. The highest BCUT2D eigenvalue weighted by atomic mass is 16.4. The predicted octanol–water partition coefficient (Wildman–Crippen LogP) is 6.85. The van der Waals surface area contributed by atoms with E-state index >= 15 is 0 Å². The Bertz CT molecular complexity index is 1910. The first-order chi connectivity index (χ1) is 22.6. The van der Waals surface area contributed by atoms with E-state index < -0.39 is 48.6 Å². The number of allylic oxidation sites excluding steroid dienone is 1. The molecule has 0 spiro atoms. The second kappa shape index (κ2) is 14.6. The minimum Gasteiger partial charge on any atom is -0.481 e. The van der Waals surface area contributed by atoms with E-state index in [1.54, 1.807) is 23.1 Å². The van der Waals surface area contributed by atoms with Crippen LogP contribution in [0.15, 0.2) is 101 Å². The lowest BCUT2D eigenvalue weighted by atomic mass is 9.87. The number of aromatic nitrogens is 1. The number of rotatable bonds is 14. The van der Waals surface area contributed by atoms with Crippen LogP contribution in [0.3, 0.4) is 0 Å². The number of carboxylic acids is 3. The van der Waals surface area contributed by atoms with E-state index in [2.05, 4.69) is 4.98 Å². The smallest absolute Gasteiger partial charge is 0.335 e. The number of para-hydroxylation sites is 2. The summed E-state index contributed by atoms with van der Waals surface area (Å²) in [6.45, 7) is 2.00. The van der Waals surface area contributed by atoms with Crippen molar-refractivity contribution < 1.29 is 38.9 Å². The number of aliphatic carboxylic acids is 2. The van der Waals surface area contributed by atoms with Crippen molar-refractivity contribution in [2.24, 2.45) is 5.92 Å². The summed E-state index contributed by atoms with van der Waals surface area (Å²) in [6, 6.07) is 26.9. The number of carbonyl (C=O) groups is 4. The molecule has 240 valence electrons. The number of benzene rings is 4. The summed E-state index contributed by atoms with van der Waals surface area (Å²) in [5.74, 6) is -5.61. The van der Waals surface area contributed by atoms with Crippen molar-refractivity contribution in [3.05, 3.63) is 120 Å². The fourth-order valence-corrected chi connectivity index (χ4v) is 5.76. The zero-order valence-corrected chi connectivity index (χ0v) is 25.7. The molecule has 1 amide bonds. The minimum atomic E-state index is -1.40. The molecular weight excluding hydrogens is 600 g/mol. The van der Waals surface area contributed by atoms with Gasteiger partial charge in [0, 0.05) is 24.9 Å². The number of nitrogens with zero attached hydrogens (tertiary/aromatic N) is 2. The van der Waals surface area contributed by atoms with Gasteiger partial charge in [0.15, 0.2) is 5.58 Å². The van der Waals surface area contributed by atoms with E-state index in [0.717, 1.165) is 21.9 Å². The van der Waals surface area contributed by atoms with Crippen molar-refractivity contribution in [2.75, 3.05) is 0 Å². The van der Waals surface area contributed by atoms with Gasteiger partial charge in [0.2, 0.25) is 11.8 Å². The zero-order chi connectivity index (χ0) is 33.5. The van der Waals surface area contributed by atoms with Crippen molar-refractivity contribution >= 4 is 51.8 Å². The number of oxazole rings is 1. The lowest BCUT2D eigenvalue weighted by molar-refractivity contribution is -0.151. The number of carboxylic acid groups (broad SMARTS) is 3. The molecule has 0 saturated heterocycles. The van der Waals surface area contributed by atoms with Crippen LogP contribution in [0.5, 0.6) is 0 Å². The van der Waals surface area contributed by atoms with E-state index in [-0.39, 0.29) is 18.0 Å². The molecule has 10 heteroatoms. The maximum atomic E-state index is 14.0. The van der Waals surface area contributed by atoms with Gasteiger partial charge in [0.25, 0.3) is 0 Å². The number of amides is 1. The van der Waals surface area contributed by atoms with Gasteiger partial charge in [-0.15, -0.1) is 0 Å². The Kier molecular flexibility index (Phi) is 10.1. The SMILES string of the molecule is CC(C(C/C=C/c1nc2ccccc2o1)c1ccc(C(=O)O)cc1)N(Cc1ccc2ccccc2c1)C(=O)CC(CC(=O)O)C(=O)O. The summed E-state index contributed by atoms with van der Waals surface area (Å²) >= 11 is 0. The van der Waals surface area contributed by atoms with E-state index in [9.17, 15) is 34.5 Å². The average Bonchev–Trinajstić information content (AvgIpc) is 3.47. The predicted molar refractivity (Wildman–Crippen MR) is 176 cm³/mol. The average molecular weight is 635 g/mol. The van der Waals surface area contributed by atoms with E-state index in [1.807, 2.05) is 79.7 Å². The zero-order valence-electron chi connectivity index (χ0n) is 25.7. The third-order valence-corrected chi connectivity index (χ3v) is 8.30. The minimum absolute atomic E-state index is 0.115. The lowest BCUT2D eigenvalue weighted by Crippen LogP contribution is -2.43. The monoisotopic (exact) mass is 634 g/mol. The molecule has 0 fully saturated rings. The molecule has 0 aliphatic heterocycles. The van der Waals surface area contributed by atoms with Gasteiger partial charge in [0.05, 0.1) is 17.9 Å². The van der Waals surface area contributed by atoms with Crippen molar-refractivity contribution in [2.45, 2.75) is 44.7 Å².